The van der Waals surface area contributed by atoms with E-state index in [1.807, 2.05) is 33.3 Å². The van der Waals surface area contributed by atoms with Crippen molar-refractivity contribution in [1.82, 2.24) is 5.32 Å². The zero-order valence-electron chi connectivity index (χ0n) is 51.7. The van der Waals surface area contributed by atoms with Gasteiger partial charge in [-0.2, -0.15) is 0 Å². The van der Waals surface area contributed by atoms with Crippen LogP contribution in [0.25, 0.3) is 0 Å². The Morgan fingerprint density at radius 3 is 1.08 bits per heavy atom. The summed E-state index contributed by atoms with van der Waals surface area (Å²) in [6, 6.07) is -0.879. The third-order valence-electron chi connectivity index (χ3n) is 15.5. The molecule has 0 fully saturated rings. The van der Waals surface area contributed by atoms with Gasteiger partial charge in [0.1, 0.15) is 19.3 Å². The molecule has 0 aliphatic heterocycles. The van der Waals surface area contributed by atoms with Crippen LogP contribution in [-0.4, -0.2) is 69.4 Å². The van der Waals surface area contributed by atoms with Crippen molar-refractivity contribution in [2.45, 2.75) is 360 Å². The lowest BCUT2D eigenvalue weighted by Crippen LogP contribution is -2.47. The normalized spacial score (nSPS) is 13.6. The van der Waals surface area contributed by atoms with Crippen LogP contribution < -0.4 is 10.2 Å². The van der Waals surface area contributed by atoms with E-state index in [1.165, 1.54) is 257 Å². The van der Waals surface area contributed by atoms with Gasteiger partial charge in [-0.3, -0.25) is 14.2 Å². The zero-order chi connectivity index (χ0) is 55.7. The molecule has 0 rings (SSSR count). The number of unbranched alkanes of at least 4 members (excludes halogenated alkanes) is 46. The first kappa shape index (κ1) is 74.8. The quantitative estimate of drug-likeness (QED) is 0.0212. The molecule has 0 saturated heterocycles. The van der Waals surface area contributed by atoms with Gasteiger partial charge in [0.05, 0.1) is 33.8 Å². The Kier molecular flexibility index (Phi) is 56.1. The third-order valence-corrected chi connectivity index (χ3v) is 16.4. The standard InChI is InChI=1S/C66H131N2O7P/c1-7-10-13-16-19-22-25-28-30-32-33-34-35-37-39-41-44-47-50-53-56-59-66(70)75-64(57-54-51-48-45-42-27-24-21-18-15-12-9-3)63(62-74-76(71,72)73-61-60-68(4,5)6)67-65(69)58-55-52-49-46-43-40-38-36-31-29-26-23-20-17-14-11-8-2/h54,57,63-64H,7-53,55-56,58-62H2,1-6H3,(H-,67,69,71,72)/b57-54+. The molecule has 0 spiro atoms. The average Bonchev–Trinajstić information content (AvgIpc) is 3.38. The summed E-state index contributed by atoms with van der Waals surface area (Å²) in [5, 5.41) is 3.04. The molecule has 0 bridgehead atoms. The van der Waals surface area contributed by atoms with E-state index in [-0.39, 0.29) is 31.5 Å². The lowest BCUT2D eigenvalue weighted by atomic mass is 10.0. The van der Waals surface area contributed by atoms with Gasteiger partial charge in [0.15, 0.2) is 0 Å². The average molecular weight is 1100 g/mol. The fourth-order valence-corrected chi connectivity index (χ4v) is 11.0. The summed E-state index contributed by atoms with van der Waals surface area (Å²) in [5.41, 5.74) is 0. The molecular weight excluding hydrogens is 964 g/mol. The van der Waals surface area contributed by atoms with Gasteiger partial charge in [-0.1, -0.05) is 316 Å². The van der Waals surface area contributed by atoms with Gasteiger partial charge in [0, 0.05) is 12.8 Å². The number of quaternary nitrogens is 1. The number of amides is 1. The molecule has 452 valence electrons. The number of allylic oxidation sites excluding steroid dienone is 1. The van der Waals surface area contributed by atoms with Crippen LogP contribution in [0.2, 0.25) is 0 Å². The van der Waals surface area contributed by atoms with Gasteiger partial charge in [0.2, 0.25) is 5.91 Å². The fraction of sp³-hybridized carbons (Fsp3) is 0.939. The Morgan fingerprint density at radius 1 is 0.447 bits per heavy atom. The lowest BCUT2D eigenvalue weighted by Gasteiger charge is -2.30. The van der Waals surface area contributed by atoms with Crippen LogP contribution in [0.5, 0.6) is 0 Å². The zero-order valence-corrected chi connectivity index (χ0v) is 52.6. The summed E-state index contributed by atoms with van der Waals surface area (Å²) in [6.07, 6.45) is 66.1. The fourth-order valence-electron chi connectivity index (χ4n) is 10.3. The van der Waals surface area contributed by atoms with Crippen LogP contribution in [0, 0.1) is 0 Å². The number of nitrogens with zero attached hydrogens (tertiary/aromatic N) is 1. The number of likely N-dealkylation sites (N-methyl/N-ethyl adjacent to an activating group) is 1. The number of nitrogens with one attached hydrogen (secondary N) is 1. The van der Waals surface area contributed by atoms with Crippen molar-refractivity contribution in [3.8, 4) is 0 Å². The smallest absolute Gasteiger partial charge is 0.306 e. The van der Waals surface area contributed by atoms with Crippen molar-refractivity contribution >= 4 is 19.7 Å². The molecule has 0 aromatic heterocycles. The number of esters is 1. The van der Waals surface area contributed by atoms with E-state index in [9.17, 15) is 19.0 Å². The molecule has 1 N–H and O–H groups in total. The summed E-state index contributed by atoms with van der Waals surface area (Å²) >= 11 is 0. The van der Waals surface area contributed by atoms with E-state index in [0.29, 0.717) is 17.4 Å². The van der Waals surface area contributed by atoms with Gasteiger partial charge >= 0.3 is 5.97 Å². The minimum absolute atomic E-state index is 0.0166. The number of carbonyl (C=O) groups excluding carboxylic acids is 2. The maximum Gasteiger partial charge on any atom is 0.306 e. The Hall–Kier alpha value is -1.25. The van der Waals surface area contributed by atoms with Gasteiger partial charge in [-0.05, 0) is 31.8 Å². The molecule has 0 aliphatic rings. The Bertz CT molecular complexity index is 1310. The number of phosphoric acid groups is 1. The predicted octanol–water partition coefficient (Wildman–Crippen LogP) is 20.1. The molecule has 10 heteroatoms. The molecule has 76 heavy (non-hydrogen) atoms. The first-order valence-electron chi connectivity index (χ1n) is 33.5. The molecule has 0 aromatic carbocycles. The highest BCUT2D eigenvalue weighted by molar-refractivity contribution is 7.45. The first-order valence-corrected chi connectivity index (χ1v) is 35.0. The monoisotopic (exact) mass is 1090 g/mol. The van der Waals surface area contributed by atoms with E-state index in [4.69, 9.17) is 13.8 Å². The van der Waals surface area contributed by atoms with Crippen LogP contribution in [0.3, 0.4) is 0 Å². The molecule has 1 amide bonds. The molecule has 3 atom stereocenters. The summed E-state index contributed by atoms with van der Waals surface area (Å²) in [6.45, 7) is 6.91. The van der Waals surface area contributed by atoms with Crippen LogP contribution in [-0.2, 0) is 27.9 Å². The van der Waals surface area contributed by atoms with Crippen molar-refractivity contribution in [1.29, 1.82) is 0 Å². The topological polar surface area (TPSA) is 114 Å². The molecule has 0 saturated carbocycles. The van der Waals surface area contributed by atoms with Crippen LogP contribution in [0.4, 0.5) is 0 Å². The largest absolute Gasteiger partial charge is 0.756 e. The van der Waals surface area contributed by atoms with Crippen molar-refractivity contribution in [3.63, 3.8) is 0 Å². The van der Waals surface area contributed by atoms with E-state index in [2.05, 4.69) is 26.1 Å². The number of hydrogen-bond donors (Lipinski definition) is 1. The maximum absolute atomic E-state index is 13.5. The Labute approximate surface area is 473 Å². The first-order chi connectivity index (χ1) is 36.9. The predicted molar refractivity (Wildman–Crippen MR) is 326 cm³/mol. The Balaban J connectivity index is 5.11. The second-order valence-electron chi connectivity index (χ2n) is 24.3. The highest BCUT2D eigenvalue weighted by Crippen LogP contribution is 2.38. The molecule has 9 nitrogen and oxygen atoms in total. The van der Waals surface area contributed by atoms with Crippen LogP contribution in [0.15, 0.2) is 12.2 Å². The number of carbonyl (C=O) groups is 2. The SMILES string of the molecule is CCCCCCCCCCCC/C=C/C(OC(=O)CCCCCCCCCCCCCCCCCCCCCCC)C(COP(=O)([O-])OCC[N+](C)(C)C)NC(=O)CCCCCCCCCCCCCCCCCCC. The highest BCUT2D eigenvalue weighted by Gasteiger charge is 2.27. The molecular formula is C66H131N2O7P. The molecule has 0 heterocycles. The van der Waals surface area contributed by atoms with Gasteiger partial charge in [-0.25, -0.2) is 0 Å². The second-order valence-corrected chi connectivity index (χ2v) is 25.8. The molecule has 3 unspecified atom stereocenters. The maximum atomic E-state index is 13.5. The van der Waals surface area contributed by atoms with Crippen molar-refractivity contribution in [2.24, 2.45) is 0 Å². The van der Waals surface area contributed by atoms with E-state index in [1.54, 1.807) is 0 Å². The molecule has 0 aliphatic carbocycles. The highest BCUT2D eigenvalue weighted by atomic mass is 31.2. The molecule has 0 radical (unpaired) electrons. The van der Waals surface area contributed by atoms with E-state index in [0.717, 1.165) is 57.8 Å². The number of phosphoric ester groups is 1. The van der Waals surface area contributed by atoms with Crippen molar-refractivity contribution in [3.05, 3.63) is 12.2 Å². The lowest BCUT2D eigenvalue weighted by molar-refractivity contribution is -0.870. The summed E-state index contributed by atoms with van der Waals surface area (Å²) in [5.74, 6) is -0.516. The minimum Gasteiger partial charge on any atom is -0.756 e. The summed E-state index contributed by atoms with van der Waals surface area (Å²) < 4.78 is 30.4. The number of ether oxygens (including phenoxy) is 1. The van der Waals surface area contributed by atoms with Gasteiger partial charge in [0.25, 0.3) is 7.82 Å². The second kappa shape index (κ2) is 57.0. The van der Waals surface area contributed by atoms with Crippen LogP contribution in [0.1, 0.15) is 348 Å². The third kappa shape index (κ3) is 57.4. The van der Waals surface area contributed by atoms with Crippen molar-refractivity contribution in [2.75, 3.05) is 40.9 Å². The Morgan fingerprint density at radius 2 is 0.750 bits per heavy atom. The van der Waals surface area contributed by atoms with Crippen LogP contribution >= 0.6 is 7.82 Å². The molecule has 0 aromatic rings. The van der Waals surface area contributed by atoms with E-state index < -0.39 is 20.0 Å². The number of rotatable bonds is 62. The van der Waals surface area contributed by atoms with Gasteiger partial charge in [-0.15, -0.1) is 0 Å². The number of hydrogen-bond acceptors (Lipinski definition) is 7. The van der Waals surface area contributed by atoms with Gasteiger partial charge < -0.3 is 28.5 Å². The summed E-state index contributed by atoms with van der Waals surface area (Å²) in [4.78, 5) is 40.1. The minimum atomic E-state index is -4.69. The van der Waals surface area contributed by atoms with E-state index >= 15 is 0 Å². The van der Waals surface area contributed by atoms with Crippen molar-refractivity contribution < 1.29 is 37.3 Å². The summed E-state index contributed by atoms with van der Waals surface area (Å²) in [7, 11) is 1.21.